The maximum atomic E-state index is 9.12. The normalized spacial score (nSPS) is 25.9. The van der Waals surface area contributed by atoms with Crippen molar-refractivity contribution in [1.82, 2.24) is 5.32 Å². The number of phenolic OH excluding ortho intramolecular Hbond substituents is 1. The van der Waals surface area contributed by atoms with E-state index in [1.165, 1.54) is 0 Å². The Kier molecular flexibility index (Phi) is 2.38. The van der Waals surface area contributed by atoms with E-state index >= 15 is 0 Å². The van der Waals surface area contributed by atoms with Gasteiger partial charge in [0.2, 0.25) is 0 Å². The van der Waals surface area contributed by atoms with Crippen LogP contribution in [0.25, 0.3) is 0 Å². The fraction of sp³-hybridized carbons (Fsp3) is 0.364. The molecule has 0 spiro atoms. The van der Waals surface area contributed by atoms with Crippen molar-refractivity contribution in [2.24, 2.45) is 5.92 Å². The molecule has 1 aromatic carbocycles. The van der Waals surface area contributed by atoms with Gasteiger partial charge in [-0.15, -0.1) is 0 Å². The van der Waals surface area contributed by atoms with Gasteiger partial charge < -0.3 is 10.4 Å². The van der Waals surface area contributed by atoms with Gasteiger partial charge in [0.25, 0.3) is 0 Å². The van der Waals surface area contributed by atoms with Crippen molar-refractivity contribution in [1.29, 1.82) is 5.26 Å². The maximum Gasteiger partial charge on any atom is 0.115 e. The van der Waals surface area contributed by atoms with Crippen LogP contribution in [0.4, 0.5) is 0 Å². The standard InChI is InChI=1S/C11H12N2O/c12-6-8-5-11(13-7-8)9-1-3-10(14)4-2-9/h1-4,8,11,13-14H,5,7H2. The van der Waals surface area contributed by atoms with Gasteiger partial charge in [0.05, 0.1) is 12.0 Å². The van der Waals surface area contributed by atoms with Gasteiger partial charge in [-0.3, -0.25) is 0 Å². The van der Waals surface area contributed by atoms with Crippen LogP contribution in [0.2, 0.25) is 0 Å². The molecule has 0 aliphatic carbocycles. The first-order valence-electron chi connectivity index (χ1n) is 4.71. The van der Waals surface area contributed by atoms with Gasteiger partial charge in [-0.1, -0.05) is 12.1 Å². The fourth-order valence-electron chi connectivity index (χ4n) is 1.79. The van der Waals surface area contributed by atoms with Crippen LogP contribution in [0.15, 0.2) is 24.3 Å². The predicted octanol–water partition coefficient (Wildman–Crippen LogP) is 1.57. The first-order chi connectivity index (χ1) is 6.79. The quantitative estimate of drug-likeness (QED) is 0.703. The van der Waals surface area contributed by atoms with E-state index in [2.05, 4.69) is 11.4 Å². The van der Waals surface area contributed by atoms with Crippen LogP contribution in [0, 0.1) is 17.2 Å². The summed E-state index contributed by atoms with van der Waals surface area (Å²) in [5.41, 5.74) is 1.14. The monoisotopic (exact) mass is 188 g/mol. The summed E-state index contributed by atoms with van der Waals surface area (Å²) in [6.07, 6.45) is 0.862. The molecular formula is C11H12N2O. The molecule has 1 fully saturated rings. The van der Waals surface area contributed by atoms with Gasteiger partial charge in [-0.2, -0.15) is 5.26 Å². The molecule has 3 nitrogen and oxygen atoms in total. The molecule has 1 aliphatic rings. The highest BCUT2D eigenvalue weighted by atomic mass is 16.3. The van der Waals surface area contributed by atoms with Crippen molar-refractivity contribution in [3.63, 3.8) is 0 Å². The first-order valence-corrected chi connectivity index (χ1v) is 4.71. The molecule has 1 aromatic rings. The summed E-state index contributed by atoms with van der Waals surface area (Å²) in [6.45, 7) is 0.766. The van der Waals surface area contributed by atoms with E-state index in [0.29, 0.717) is 0 Å². The van der Waals surface area contributed by atoms with Gasteiger partial charge >= 0.3 is 0 Å². The molecule has 0 radical (unpaired) electrons. The maximum absolute atomic E-state index is 9.12. The molecule has 3 heteroatoms. The van der Waals surface area contributed by atoms with Gasteiger partial charge in [0.1, 0.15) is 5.75 Å². The summed E-state index contributed by atoms with van der Waals surface area (Å²) in [5.74, 6) is 0.400. The Balaban J connectivity index is 2.10. The third-order valence-corrected chi connectivity index (χ3v) is 2.61. The van der Waals surface area contributed by atoms with Crippen molar-refractivity contribution < 1.29 is 5.11 Å². The lowest BCUT2D eigenvalue weighted by molar-refractivity contribution is 0.474. The van der Waals surface area contributed by atoms with Crippen LogP contribution in [-0.2, 0) is 0 Å². The van der Waals surface area contributed by atoms with Gasteiger partial charge in [0, 0.05) is 12.6 Å². The summed E-state index contributed by atoms with van der Waals surface area (Å²) < 4.78 is 0. The highest BCUT2D eigenvalue weighted by Gasteiger charge is 2.24. The minimum atomic E-state index is 0.119. The number of nitrogens with one attached hydrogen (secondary N) is 1. The summed E-state index contributed by atoms with van der Waals surface area (Å²) >= 11 is 0. The highest BCUT2D eigenvalue weighted by Crippen LogP contribution is 2.27. The van der Waals surface area contributed by atoms with Crippen LogP contribution < -0.4 is 5.32 Å². The molecule has 0 aromatic heterocycles. The molecular weight excluding hydrogens is 176 g/mol. The topological polar surface area (TPSA) is 56.0 Å². The average molecular weight is 188 g/mol. The molecule has 14 heavy (non-hydrogen) atoms. The number of rotatable bonds is 1. The van der Waals surface area contributed by atoms with Crippen LogP contribution in [0.1, 0.15) is 18.0 Å². The second-order valence-corrected chi connectivity index (χ2v) is 3.61. The second-order valence-electron chi connectivity index (χ2n) is 3.61. The number of benzene rings is 1. The van der Waals surface area contributed by atoms with Crippen LogP contribution in [0.5, 0.6) is 5.75 Å². The Hall–Kier alpha value is -1.53. The number of phenols is 1. The summed E-state index contributed by atoms with van der Waals surface area (Å²) in [7, 11) is 0. The smallest absolute Gasteiger partial charge is 0.115 e. The average Bonchev–Trinajstić information content (AvgIpc) is 2.67. The number of nitriles is 1. The van der Waals surface area contributed by atoms with Gasteiger partial charge in [0.15, 0.2) is 0 Å². The molecule has 2 atom stereocenters. The lowest BCUT2D eigenvalue weighted by Gasteiger charge is -2.09. The zero-order valence-corrected chi connectivity index (χ0v) is 7.77. The Morgan fingerprint density at radius 1 is 1.36 bits per heavy atom. The van der Waals surface area contributed by atoms with Crippen molar-refractivity contribution in [2.75, 3.05) is 6.54 Å². The van der Waals surface area contributed by atoms with E-state index in [-0.39, 0.29) is 17.7 Å². The van der Waals surface area contributed by atoms with E-state index in [4.69, 9.17) is 10.4 Å². The molecule has 1 heterocycles. The lowest BCUT2D eigenvalue weighted by atomic mass is 10.0. The van der Waals surface area contributed by atoms with Crippen molar-refractivity contribution in [3.05, 3.63) is 29.8 Å². The third-order valence-electron chi connectivity index (χ3n) is 2.61. The molecule has 1 saturated heterocycles. The molecule has 0 bridgehead atoms. The van der Waals surface area contributed by atoms with Crippen molar-refractivity contribution in [2.45, 2.75) is 12.5 Å². The van der Waals surface area contributed by atoms with Crippen LogP contribution >= 0.6 is 0 Å². The van der Waals surface area contributed by atoms with E-state index in [1.54, 1.807) is 12.1 Å². The van der Waals surface area contributed by atoms with Crippen molar-refractivity contribution >= 4 is 0 Å². The largest absolute Gasteiger partial charge is 0.508 e. The molecule has 0 saturated carbocycles. The van der Waals surface area contributed by atoms with E-state index in [0.717, 1.165) is 18.5 Å². The SMILES string of the molecule is N#CC1CNC(c2ccc(O)cc2)C1. The Bertz CT molecular complexity index is 353. The summed E-state index contributed by atoms with van der Waals surface area (Å²) in [5, 5.41) is 21.2. The van der Waals surface area contributed by atoms with Crippen LogP contribution in [0.3, 0.4) is 0 Å². The lowest BCUT2D eigenvalue weighted by Crippen LogP contribution is -2.13. The number of hydrogen-bond acceptors (Lipinski definition) is 3. The second kappa shape index (κ2) is 3.69. The van der Waals surface area contributed by atoms with Gasteiger partial charge in [-0.25, -0.2) is 0 Å². The Morgan fingerprint density at radius 3 is 2.64 bits per heavy atom. The number of hydrogen-bond donors (Lipinski definition) is 2. The molecule has 2 N–H and O–H groups in total. The summed E-state index contributed by atoms with van der Waals surface area (Å²) in [6, 6.07) is 9.67. The zero-order chi connectivity index (χ0) is 9.97. The highest BCUT2D eigenvalue weighted by molar-refractivity contribution is 5.28. The number of aromatic hydroxyl groups is 1. The fourth-order valence-corrected chi connectivity index (χ4v) is 1.79. The molecule has 0 amide bonds. The first kappa shape index (κ1) is 9.04. The molecule has 1 aliphatic heterocycles. The van der Waals surface area contributed by atoms with E-state index in [1.807, 2.05) is 12.1 Å². The minimum Gasteiger partial charge on any atom is -0.508 e. The van der Waals surface area contributed by atoms with Gasteiger partial charge in [-0.05, 0) is 24.1 Å². The summed E-state index contributed by atoms with van der Waals surface area (Å²) in [4.78, 5) is 0. The molecule has 2 unspecified atom stereocenters. The van der Waals surface area contributed by atoms with Crippen molar-refractivity contribution in [3.8, 4) is 11.8 Å². The Labute approximate surface area is 83.0 Å². The third kappa shape index (κ3) is 1.70. The predicted molar refractivity (Wildman–Crippen MR) is 52.6 cm³/mol. The minimum absolute atomic E-state index is 0.119. The van der Waals surface area contributed by atoms with E-state index in [9.17, 15) is 0 Å². The van der Waals surface area contributed by atoms with E-state index < -0.39 is 0 Å². The molecule has 72 valence electrons. The van der Waals surface area contributed by atoms with Crippen LogP contribution in [-0.4, -0.2) is 11.7 Å². The molecule has 2 rings (SSSR count). The Morgan fingerprint density at radius 2 is 2.07 bits per heavy atom. The zero-order valence-electron chi connectivity index (χ0n) is 7.77. The number of nitrogens with zero attached hydrogens (tertiary/aromatic N) is 1.